The predicted octanol–water partition coefficient (Wildman–Crippen LogP) is 3.44. The Balaban J connectivity index is 2.15. The summed E-state index contributed by atoms with van der Waals surface area (Å²) in [5.74, 6) is -0.944. The number of benzene rings is 1. The Bertz CT molecular complexity index is 734. The lowest BCUT2D eigenvalue weighted by Gasteiger charge is -2.00. The lowest BCUT2D eigenvalue weighted by molar-refractivity contribution is 0.0698. The third kappa shape index (κ3) is 2.19. The van der Waals surface area contributed by atoms with Crippen LogP contribution in [0.1, 0.15) is 10.4 Å². The SMILES string of the molecule is O=C(O)c1cc(-c2ccncc2)[nH]c1-c1ccccc1. The van der Waals surface area contributed by atoms with Gasteiger partial charge in [0.1, 0.15) is 0 Å². The molecule has 0 saturated heterocycles. The Kier molecular flexibility index (Phi) is 3.05. The van der Waals surface area contributed by atoms with Gasteiger partial charge >= 0.3 is 5.97 Å². The Morgan fingerprint density at radius 1 is 1.00 bits per heavy atom. The summed E-state index contributed by atoms with van der Waals surface area (Å²) in [6.07, 6.45) is 3.36. The van der Waals surface area contributed by atoms with Crippen molar-refractivity contribution in [3.05, 3.63) is 66.5 Å². The van der Waals surface area contributed by atoms with Gasteiger partial charge in [0.2, 0.25) is 0 Å². The summed E-state index contributed by atoms with van der Waals surface area (Å²) in [5.41, 5.74) is 3.41. The van der Waals surface area contributed by atoms with E-state index in [0.717, 1.165) is 16.8 Å². The van der Waals surface area contributed by atoms with Crippen molar-refractivity contribution in [3.8, 4) is 22.5 Å². The Morgan fingerprint density at radius 2 is 1.70 bits per heavy atom. The van der Waals surface area contributed by atoms with E-state index in [-0.39, 0.29) is 5.56 Å². The minimum atomic E-state index is -0.944. The maximum Gasteiger partial charge on any atom is 0.337 e. The summed E-state index contributed by atoms with van der Waals surface area (Å²) < 4.78 is 0. The molecular weight excluding hydrogens is 252 g/mol. The minimum Gasteiger partial charge on any atom is -0.478 e. The lowest BCUT2D eigenvalue weighted by atomic mass is 10.1. The number of aromatic amines is 1. The van der Waals surface area contributed by atoms with Crippen molar-refractivity contribution in [3.63, 3.8) is 0 Å². The van der Waals surface area contributed by atoms with Gasteiger partial charge in [-0.25, -0.2) is 4.79 Å². The van der Waals surface area contributed by atoms with E-state index >= 15 is 0 Å². The molecule has 0 spiro atoms. The number of carboxylic acid groups (broad SMARTS) is 1. The van der Waals surface area contributed by atoms with Gasteiger partial charge in [-0.1, -0.05) is 30.3 Å². The summed E-state index contributed by atoms with van der Waals surface area (Å²) in [4.78, 5) is 18.6. The second-order valence-electron chi connectivity index (χ2n) is 4.38. The van der Waals surface area contributed by atoms with Crippen molar-refractivity contribution in [2.45, 2.75) is 0 Å². The number of pyridine rings is 1. The molecule has 0 amide bonds. The summed E-state index contributed by atoms with van der Waals surface area (Å²) in [5, 5.41) is 9.35. The highest BCUT2D eigenvalue weighted by molar-refractivity contribution is 5.97. The topological polar surface area (TPSA) is 66.0 Å². The van der Waals surface area contributed by atoms with Crippen molar-refractivity contribution in [2.75, 3.05) is 0 Å². The van der Waals surface area contributed by atoms with Crippen LogP contribution >= 0.6 is 0 Å². The fourth-order valence-electron chi connectivity index (χ4n) is 2.14. The zero-order valence-electron chi connectivity index (χ0n) is 10.6. The number of carboxylic acids is 1. The van der Waals surface area contributed by atoms with Gasteiger partial charge in [-0.3, -0.25) is 4.98 Å². The number of hydrogen-bond acceptors (Lipinski definition) is 2. The van der Waals surface area contributed by atoms with Crippen LogP contribution in [-0.4, -0.2) is 21.0 Å². The van der Waals surface area contributed by atoms with Crippen molar-refractivity contribution in [1.82, 2.24) is 9.97 Å². The normalized spacial score (nSPS) is 10.4. The van der Waals surface area contributed by atoms with Crippen LogP contribution in [0.3, 0.4) is 0 Å². The maximum absolute atomic E-state index is 11.4. The zero-order valence-corrected chi connectivity index (χ0v) is 10.6. The summed E-state index contributed by atoms with van der Waals surface area (Å²) in [6.45, 7) is 0. The van der Waals surface area contributed by atoms with E-state index in [9.17, 15) is 9.90 Å². The van der Waals surface area contributed by atoms with Gasteiger partial charge in [0.15, 0.2) is 0 Å². The molecule has 98 valence electrons. The Hall–Kier alpha value is -2.88. The van der Waals surface area contributed by atoms with E-state index in [1.54, 1.807) is 18.5 Å². The third-order valence-electron chi connectivity index (χ3n) is 3.10. The predicted molar refractivity (Wildman–Crippen MR) is 76.4 cm³/mol. The number of carbonyl (C=O) groups is 1. The lowest BCUT2D eigenvalue weighted by Crippen LogP contribution is -1.96. The second kappa shape index (κ2) is 5.01. The van der Waals surface area contributed by atoms with Crippen LogP contribution in [0.15, 0.2) is 60.9 Å². The molecule has 3 aromatic rings. The van der Waals surface area contributed by atoms with Crippen molar-refractivity contribution >= 4 is 5.97 Å². The van der Waals surface area contributed by atoms with Gasteiger partial charge in [0, 0.05) is 23.7 Å². The van der Waals surface area contributed by atoms with Crippen LogP contribution in [-0.2, 0) is 0 Å². The monoisotopic (exact) mass is 264 g/mol. The molecule has 1 aromatic carbocycles. The summed E-state index contributed by atoms with van der Waals surface area (Å²) in [6, 6.07) is 14.8. The van der Waals surface area contributed by atoms with E-state index in [0.29, 0.717) is 5.69 Å². The molecule has 0 fully saturated rings. The van der Waals surface area contributed by atoms with Crippen molar-refractivity contribution in [1.29, 1.82) is 0 Å². The standard InChI is InChI=1S/C16H12N2O2/c19-16(20)13-10-14(11-6-8-17-9-7-11)18-15(13)12-4-2-1-3-5-12/h1-10,18H,(H,19,20). The summed E-state index contributed by atoms with van der Waals surface area (Å²) in [7, 11) is 0. The quantitative estimate of drug-likeness (QED) is 0.761. The highest BCUT2D eigenvalue weighted by Gasteiger charge is 2.16. The first-order valence-corrected chi connectivity index (χ1v) is 6.18. The van der Waals surface area contributed by atoms with E-state index in [4.69, 9.17) is 0 Å². The van der Waals surface area contributed by atoms with Gasteiger partial charge in [0.25, 0.3) is 0 Å². The zero-order chi connectivity index (χ0) is 13.9. The molecule has 0 aliphatic carbocycles. The molecular formula is C16H12N2O2. The first-order valence-electron chi connectivity index (χ1n) is 6.18. The molecule has 20 heavy (non-hydrogen) atoms. The number of aromatic nitrogens is 2. The van der Waals surface area contributed by atoms with Gasteiger partial charge in [0.05, 0.1) is 11.3 Å². The van der Waals surface area contributed by atoms with Crippen LogP contribution in [0.25, 0.3) is 22.5 Å². The highest BCUT2D eigenvalue weighted by Crippen LogP contribution is 2.28. The molecule has 0 saturated carbocycles. The molecule has 3 rings (SSSR count). The molecule has 0 bridgehead atoms. The summed E-state index contributed by atoms with van der Waals surface area (Å²) >= 11 is 0. The van der Waals surface area contributed by atoms with Gasteiger partial charge in [-0.05, 0) is 23.8 Å². The van der Waals surface area contributed by atoms with Crippen LogP contribution < -0.4 is 0 Å². The number of rotatable bonds is 3. The molecule has 0 aliphatic heterocycles. The van der Waals surface area contributed by atoms with Crippen LogP contribution in [0.4, 0.5) is 0 Å². The number of nitrogens with one attached hydrogen (secondary N) is 1. The minimum absolute atomic E-state index is 0.267. The number of aromatic carboxylic acids is 1. The number of nitrogens with zero attached hydrogens (tertiary/aromatic N) is 1. The molecule has 2 aromatic heterocycles. The van der Waals surface area contributed by atoms with E-state index in [2.05, 4.69) is 9.97 Å². The van der Waals surface area contributed by atoms with Gasteiger partial charge < -0.3 is 10.1 Å². The average Bonchev–Trinajstić information content (AvgIpc) is 2.94. The molecule has 4 nitrogen and oxygen atoms in total. The van der Waals surface area contributed by atoms with E-state index in [1.807, 2.05) is 42.5 Å². The molecule has 2 N–H and O–H groups in total. The molecule has 4 heteroatoms. The van der Waals surface area contributed by atoms with Crippen LogP contribution in [0, 0.1) is 0 Å². The Labute approximate surface area is 115 Å². The molecule has 0 atom stereocenters. The second-order valence-corrected chi connectivity index (χ2v) is 4.38. The maximum atomic E-state index is 11.4. The molecule has 0 radical (unpaired) electrons. The van der Waals surface area contributed by atoms with Gasteiger partial charge in [-0.15, -0.1) is 0 Å². The van der Waals surface area contributed by atoms with Crippen LogP contribution in [0.2, 0.25) is 0 Å². The van der Waals surface area contributed by atoms with Crippen LogP contribution in [0.5, 0.6) is 0 Å². The fraction of sp³-hybridized carbons (Fsp3) is 0. The fourth-order valence-corrected chi connectivity index (χ4v) is 2.14. The van der Waals surface area contributed by atoms with Crippen molar-refractivity contribution < 1.29 is 9.90 Å². The molecule has 2 heterocycles. The first-order chi connectivity index (χ1) is 9.75. The highest BCUT2D eigenvalue weighted by atomic mass is 16.4. The van der Waals surface area contributed by atoms with E-state index in [1.165, 1.54) is 0 Å². The van der Waals surface area contributed by atoms with Gasteiger partial charge in [-0.2, -0.15) is 0 Å². The molecule has 0 unspecified atom stereocenters. The first kappa shape index (κ1) is 12.2. The van der Waals surface area contributed by atoms with E-state index < -0.39 is 5.97 Å². The third-order valence-corrected chi connectivity index (χ3v) is 3.10. The number of H-pyrrole nitrogens is 1. The van der Waals surface area contributed by atoms with Crippen molar-refractivity contribution in [2.24, 2.45) is 0 Å². The largest absolute Gasteiger partial charge is 0.478 e. The molecule has 0 aliphatic rings. The average molecular weight is 264 g/mol. The smallest absolute Gasteiger partial charge is 0.337 e. The Morgan fingerprint density at radius 3 is 2.35 bits per heavy atom. The number of hydrogen-bond donors (Lipinski definition) is 2.